The van der Waals surface area contributed by atoms with Gasteiger partial charge in [-0.2, -0.15) is 0 Å². The molecule has 0 spiro atoms. The Bertz CT molecular complexity index is 365. The minimum atomic E-state index is 0.118. The number of hydrogen-bond acceptors (Lipinski definition) is 2. The average Bonchev–Trinajstić information content (AvgIpc) is 2.37. The van der Waals surface area contributed by atoms with Crippen LogP contribution < -0.4 is 10.6 Å². The van der Waals surface area contributed by atoms with Crippen molar-refractivity contribution in [3.05, 3.63) is 34.3 Å². The van der Waals surface area contributed by atoms with Crippen molar-refractivity contribution < 1.29 is 4.79 Å². The van der Waals surface area contributed by atoms with Crippen molar-refractivity contribution in [3.8, 4) is 0 Å². The van der Waals surface area contributed by atoms with E-state index in [4.69, 9.17) is 0 Å². The van der Waals surface area contributed by atoms with Crippen molar-refractivity contribution in [2.24, 2.45) is 0 Å². The highest BCUT2D eigenvalue weighted by molar-refractivity contribution is 9.10. The summed E-state index contributed by atoms with van der Waals surface area (Å²) in [5, 5.41) is 6.22. The van der Waals surface area contributed by atoms with E-state index >= 15 is 0 Å². The highest BCUT2D eigenvalue weighted by Gasteiger charge is 2.05. The number of halogens is 1. The summed E-state index contributed by atoms with van der Waals surface area (Å²) >= 11 is 3.42. The Balaban J connectivity index is 2.26. The third-order valence-corrected chi connectivity index (χ3v) is 3.27. The Morgan fingerprint density at radius 1 is 1.28 bits per heavy atom. The summed E-state index contributed by atoms with van der Waals surface area (Å²) in [5.41, 5.74) is 1.23. The minimum absolute atomic E-state index is 0.118. The zero-order valence-corrected chi connectivity index (χ0v) is 12.6. The van der Waals surface area contributed by atoms with Crippen LogP contribution in [0.3, 0.4) is 0 Å². The topological polar surface area (TPSA) is 41.1 Å². The van der Waals surface area contributed by atoms with Gasteiger partial charge in [0.05, 0.1) is 0 Å². The molecule has 0 aliphatic heterocycles. The van der Waals surface area contributed by atoms with Crippen LogP contribution in [-0.4, -0.2) is 19.0 Å². The van der Waals surface area contributed by atoms with Gasteiger partial charge in [0.15, 0.2) is 0 Å². The summed E-state index contributed by atoms with van der Waals surface area (Å²) in [5.74, 6) is 0.118. The SMILES string of the molecule is CCCNC(=O)CCNC(C)c1ccc(Br)cc1. The molecule has 1 amide bonds. The van der Waals surface area contributed by atoms with Gasteiger partial charge in [-0.1, -0.05) is 35.0 Å². The summed E-state index contributed by atoms with van der Waals surface area (Å²) < 4.78 is 1.08. The maximum absolute atomic E-state index is 11.4. The molecule has 100 valence electrons. The molecule has 1 aromatic carbocycles. The molecule has 0 aliphatic rings. The van der Waals surface area contributed by atoms with Gasteiger partial charge in [-0.15, -0.1) is 0 Å². The molecule has 1 unspecified atom stereocenters. The van der Waals surface area contributed by atoms with Crippen LogP contribution in [0.1, 0.15) is 38.3 Å². The highest BCUT2D eigenvalue weighted by Crippen LogP contribution is 2.16. The predicted molar refractivity (Wildman–Crippen MR) is 78.5 cm³/mol. The standard InChI is InChI=1S/C14H21BrN2O/c1-3-9-17-14(18)8-10-16-11(2)12-4-6-13(15)7-5-12/h4-7,11,16H,3,8-10H2,1-2H3,(H,17,18). The predicted octanol–water partition coefficient (Wildman–Crippen LogP) is 3.02. The molecule has 0 saturated carbocycles. The smallest absolute Gasteiger partial charge is 0.221 e. The zero-order valence-electron chi connectivity index (χ0n) is 11.0. The molecular weight excluding hydrogens is 292 g/mol. The lowest BCUT2D eigenvalue weighted by Crippen LogP contribution is -2.29. The molecule has 0 aromatic heterocycles. The summed E-state index contributed by atoms with van der Waals surface area (Å²) in [6.45, 7) is 5.62. The molecule has 4 heteroatoms. The third-order valence-electron chi connectivity index (χ3n) is 2.74. The van der Waals surface area contributed by atoms with Crippen LogP contribution in [0.2, 0.25) is 0 Å². The molecule has 0 heterocycles. The van der Waals surface area contributed by atoms with Crippen LogP contribution in [0, 0.1) is 0 Å². The van der Waals surface area contributed by atoms with Crippen LogP contribution in [0.5, 0.6) is 0 Å². The van der Waals surface area contributed by atoms with Gasteiger partial charge in [-0.05, 0) is 31.0 Å². The van der Waals surface area contributed by atoms with Gasteiger partial charge in [-0.25, -0.2) is 0 Å². The normalized spacial score (nSPS) is 12.2. The fourth-order valence-corrected chi connectivity index (χ4v) is 1.89. The molecule has 3 nitrogen and oxygen atoms in total. The van der Waals surface area contributed by atoms with Gasteiger partial charge in [0.2, 0.25) is 5.91 Å². The molecule has 0 fully saturated rings. The number of hydrogen-bond donors (Lipinski definition) is 2. The zero-order chi connectivity index (χ0) is 13.4. The summed E-state index contributed by atoms with van der Waals surface area (Å²) in [4.78, 5) is 11.4. The van der Waals surface area contributed by atoms with E-state index in [2.05, 4.69) is 45.6 Å². The number of carbonyl (C=O) groups excluding carboxylic acids is 1. The summed E-state index contributed by atoms with van der Waals surface area (Å²) in [6, 6.07) is 8.48. The molecule has 1 atom stereocenters. The van der Waals surface area contributed by atoms with Crippen LogP contribution in [0.15, 0.2) is 28.7 Å². The van der Waals surface area contributed by atoms with Gasteiger partial charge in [0, 0.05) is 30.0 Å². The van der Waals surface area contributed by atoms with Crippen molar-refractivity contribution in [1.29, 1.82) is 0 Å². The quantitative estimate of drug-likeness (QED) is 0.812. The molecule has 1 aromatic rings. The number of nitrogens with one attached hydrogen (secondary N) is 2. The monoisotopic (exact) mass is 312 g/mol. The van der Waals surface area contributed by atoms with Gasteiger partial charge in [0.1, 0.15) is 0 Å². The lowest BCUT2D eigenvalue weighted by Gasteiger charge is -2.14. The van der Waals surface area contributed by atoms with Crippen molar-refractivity contribution in [3.63, 3.8) is 0 Å². The van der Waals surface area contributed by atoms with Gasteiger partial charge in [0.25, 0.3) is 0 Å². The second kappa shape index (κ2) is 8.27. The fraction of sp³-hybridized carbons (Fsp3) is 0.500. The number of amides is 1. The first-order chi connectivity index (χ1) is 8.63. The molecule has 18 heavy (non-hydrogen) atoms. The first-order valence-corrected chi connectivity index (χ1v) is 7.18. The van der Waals surface area contributed by atoms with Crippen LogP contribution in [0.25, 0.3) is 0 Å². The van der Waals surface area contributed by atoms with Crippen molar-refractivity contribution in [2.75, 3.05) is 13.1 Å². The van der Waals surface area contributed by atoms with E-state index in [1.807, 2.05) is 19.1 Å². The lowest BCUT2D eigenvalue weighted by atomic mass is 10.1. The number of benzene rings is 1. The van der Waals surface area contributed by atoms with Gasteiger partial charge < -0.3 is 10.6 Å². The van der Waals surface area contributed by atoms with E-state index in [1.54, 1.807) is 0 Å². The molecule has 0 radical (unpaired) electrons. The Labute approximate surface area is 117 Å². The van der Waals surface area contributed by atoms with E-state index in [-0.39, 0.29) is 11.9 Å². The van der Waals surface area contributed by atoms with Crippen LogP contribution >= 0.6 is 15.9 Å². The Morgan fingerprint density at radius 2 is 1.94 bits per heavy atom. The third kappa shape index (κ3) is 5.65. The molecule has 0 aliphatic carbocycles. The largest absolute Gasteiger partial charge is 0.356 e. The van der Waals surface area contributed by atoms with Gasteiger partial charge in [-0.3, -0.25) is 4.79 Å². The van der Waals surface area contributed by atoms with E-state index in [0.29, 0.717) is 13.0 Å². The second-order valence-corrected chi connectivity index (χ2v) is 5.24. The highest BCUT2D eigenvalue weighted by atomic mass is 79.9. The van der Waals surface area contributed by atoms with E-state index in [9.17, 15) is 4.79 Å². The minimum Gasteiger partial charge on any atom is -0.356 e. The van der Waals surface area contributed by atoms with Crippen molar-refractivity contribution in [2.45, 2.75) is 32.7 Å². The maximum atomic E-state index is 11.4. The van der Waals surface area contributed by atoms with E-state index in [0.717, 1.165) is 17.4 Å². The lowest BCUT2D eigenvalue weighted by molar-refractivity contribution is -0.121. The Hall–Kier alpha value is -0.870. The molecule has 1 rings (SSSR count). The molecular formula is C14H21BrN2O. The van der Waals surface area contributed by atoms with E-state index in [1.165, 1.54) is 5.56 Å². The summed E-state index contributed by atoms with van der Waals surface area (Å²) in [6.07, 6.45) is 1.51. The van der Waals surface area contributed by atoms with Crippen molar-refractivity contribution in [1.82, 2.24) is 10.6 Å². The van der Waals surface area contributed by atoms with E-state index < -0.39 is 0 Å². The molecule has 0 saturated heterocycles. The Kier molecular flexibility index (Phi) is 6.98. The molecule has 0 bridgehead atoms. The van der Waals surface area contributed by atoms with Crippen molar-refractivity contribution >= 4 is 21.8 Å². The van der Waals surface area contributed by atoms with Crippen LogP contribution in [0.4, 0.5) is 0 Å². The van der Waals surface area contributed by atoms with Crippen LogP contribution in [-0.2, 0) is 4.79 Å². The summed E-state index contributed by atoms with van der Waals surface area (Å²) in [7, 11) is 0. The number of rotatable bonds is 7. The second-order valence-electron chi connectivity index (χ2n) is 4.33. The average molecular weight is 313 g/mol. The maximum Gasteiger partial charge on any atom is 0.221 e. The first-order valence-electron chi connectivity index (χ1n) is 6.39. The van der Waals surface area contributed by atoms with Gasteiger partial charge >= 0.3 is 0 Å². The number of carbonyl (C=O) groups is 1. The fourth-order valence-electron chi connectivity index (χ4n) is 1.62. The Morgan fingerprint density at radius 3 is 2.56 bits per heavy atom. The first kappa shape index (κ1) is 15.2. The molecule has 2 N–H and O–H groups in total.